The zero-order valence-corrected chi connectivity index (χ0v) is 11.5. The maximum atomic E-state index is 13.1. The van der Waals surface area contributed by atoms with Crippen molar-refractivity contribution in [3.8, 4) is 0 Å². The van der Waals surface area contributed by atoms with E-state index >= 15 is 0 Å². The number of rotatable bonds is 3. The number of hydrogen-bond donors (Lipinski definition) is 0. The van der Waals surface area contributed by atoms with E-state index in [1.165, 1.54) is 12.1 Å². The lowest BCUT2D eigenvalue weighted by Gasteiger charge is -2.14. The van der Waals surface area contributed by atoms with Gasteiger partial charge in [0.05, 0.1) is 0 Å². The Hall–Kier alpha value is -0.960. The Morgan fingerprint density at radius 1 is 1.22 bits per heavy atom. The summed E-state index contributed by atoms with van der Waals surface area (Å²) in [4.78, 5) is 2.38. The van der Waals surface area contributed by atoms with Crippen molar-refractivity contribution in [3.63, 3.8) is 0 Å². The van der Waals surface area contributed by atoms with Gasteiger partial charge in [0.15, 0.2) is 11.6 Å². The van der Waals surface area contributed by atoms with Crippen LogP contribution in [0.15, 0.2) is 18.2 Å². The van der Waals surface area contributed by atoms with Crippen LogP contribution in [0, 0.1) is 11.6 Å². The number of hydrogen-bond acceptors (Lipinski definition) is 1. The molecule has 1 aromatic rings. The van der Waals surface area contributed by atoms with Gasteiger partial charge in [0.1, 0.15) is 0 Å². The molecule has 1 atom stereocenters. The molecule has 0 bridgehead atoms. The van der Waals surface area contributed by atoms with Gasteiger partial charge in [-0.2, -0.15) is 0 Å². The van der Waals surface area contributed by atoms with E-state index in [1.54, 1.807) is 6.07 Å². The molecule has 1 fully saturated rings. The summed E-state index contributed by atoms with van der Waals surface area (Å²) in [5, 5.41) is 0. The maximum absolute atomic E-state index is 13.1. The molecule has 0 radical (unpaired) electrons. The van der Waals surface area contributed by atoms with Gasteiger partial charge in [0, 0.05) is 6.54 Å². The number of likely N-dealkylation sites (tertiary alicyclic amines) is 1. The summed E-state index contributed by atoms with van der Waals surface area (Å²) in [6.07, 6.45) is 2.19. The quantitative estimate of drug-likeness (QED) is 0.782. The molecule has 1 aliphatic heterocycles. The largest absolute Gasteiger partial charge is 0.303 e. The fourth-order valence-corrected chi connectivity index (χ4v) is 2.39. The lowest BCUT2D eigenvalue weighted by Crippen LogP contribution is -2.20. The molecule has 0 N–H and O–H groups in total. The van der Waals surface area contributed by atoms with Crippen LogP contribution in [-0.2, 0) is 0 Å². The van der Waals surface area contributed by atoms with E-state index in [1.807, 2.05) is 13.8 Å². The first-order valence-corrected chi connectivity index (χ1v) is 6.88. The SMILES string of the molecule is CC.CCCN1CCC(c2ccc(F)c(F)c2)C1. The second-order valence-corrected chi connectivity index (χ2v) is 4.46. The Morgan fingerprint density at radius 3 is 2.56 bits per heavy atom. The number of nitrogens with zero attached hydrogens (tertiary/aromatic N) is 1. The molecule has 1 aromatic carbocycles. The van der Waals surface area contributed by atoms with E-state index < -0.39 is 11.6 Å². The van der Waals surface area contributed by atoms with Crippen LogP contribution < -0.4 is 0 Å². The minimum Gasteiger partial charge on any atom is -0.303 e. The summed E-state index contributed by atoms with van der Waals surface area (Å²) >= 11 is 0. The highest BCUT2D eigenvalue weighted by Gasteiger charge is 2.23. The Balaban J connectivity index is 0.000000771. The van der Waals surface area contributed by atoms with Crippen molar-refractivity contribution in [2.75, 3.05) is 19.6 Å². The zero-order valence-electron chi connectivity index (χ0n) is 11.5. The third-order valence-electron chi connectivity index (χ3n) is 3.23. The van der Waals surface area contributed by atoms with Gasteiger partial charge < -0.3 is 4.90 Å². The minimum atomic E-state index is -0.757. The lowest BCUT2D eigenvalue weighted by atomic mass is 9.98. The van der Waals surface area contributed by atoms with Gasteiger partial charge in [0.25, 0.3) is 0 Å². The fraction of sp³-hybridized carbons (Fsp3) is 0.600. The Kier molecular flexibility index (Phi) is 6.27. The molecule has 1 unspecified atom stereocenters. The summed E-state index contributed by atoms with van der Waals surface area (Å²) < 4.78 is 25.9. The van der Waals surface area contributed by atoms with Crippen LogP contribution in [0.2, 0.25) is 0 Å². The van der Waals surface area contributed by atoms with E-state index in [2.05, 4.69) is 11.8 Å². The third-order valence-corrected chi connectivity index (χ3v) is 3.23. The summed E-state index contributed by atoms with van der Waals surface area (Å²) in [6, 6.07) is 4.28. The summed E-state index contributed by atoms with van der Waals surface area (Å²) in [5.74, 6) is -1.12. The van der Waals surface area contributed by atoms with Crippen molar-refractivity contribution in [3.05, 3.63) is 35.4 Å². The van der Waals surface area contributed by atoms with E-state index in [4.69, 9.17) is 0 Å². The van der Waals surface area contributed by atoms with Crippen LogP contribution in [0.5, 0.6) is 0 Å². The molecule has 0 aliphatic carbocycles. The predicted molar refractivity (Wildman–Crippen MR) is 71.8 cm³/mol. The standard InChI is InChI=1S/C13H17F2N.C2H6/c1-2-6-16-7-5-11(9-16)10-3-4-12(14)13(15)8-10;1-2/h3-4,8,11H,2,5-7,9H2,1H3;1-2H3. The van der Waals surface area contributed by atoms with Crippen molar-refractivity contribution in [2.24, 2.45) is 0 Å². The van der Waals surface area contributed by atoms with Crippen LogP contribution in [0.25, 0.3) is 0 Å². The number of benzene rings is 1. The van der Waals surface area contributed by atoms with Crippen molar-refractivity contribution < 1.29 is 8.78 Å². The van der Waals surface area contributed by atoms with Gasteiger partial charge >= 0.3 is 0 Å². The molecule has 102 valence electrons. The van der Waals surface area contributed by atoms with Crippen molar-refractivity contribution in [1.82, 2.24) is 4.90 Å². The fourth-order valence-electron chi connectivity index (χ4n) is 2.39. The van der Waals surface area contributed by atoms with Crippen LogP contribution in [0.4, 0.5) is 8.78 Å². The molecule has 0 spiro atoms. The van der Waals surface area contributed by atoms with E-state index in [-0.39, 0.29) is 0 Å². The molecule has 0 aromatic heterocycles. The van der Waals surface area contributed by atoms with Gasteiger partial charge in [-0.3, -0.25) is 0 Å². The minimum absolute atomic E-state index is 0.363. The van der Waals surface area contributed by atoms with Crippen LogP contribution in [0.3, 0.4) is 0 Å². The second-order valence-electron chi connectivity index (χ2n) is 4.46. The molecule has 0 saturated carbocycles. The highest BCUT2D eigenvalue weighted by Crippen LogP contribution is 2.28. The maximum Gasteiger partial charge on any atom is 0.159 e. The molecule has 1 aliphatic rings. The van der Waals surface area contributed by atoms with Crippen molar-refractivity contribution >= 4 is 0 Å². The Bertz CT molecular complexity index is 366. The van der Waals surface area contributed by atoms with Crippen molar-refractivity contribution in [2.45, 2.75) is 39.5 Å². The first-order valence-electron chi connectivity index (χ1n) is 6.88. The highest BCUT2D eigenvalue weighted by molar-refractivity contribution is 5.23. The lowest BCUT2D eigenvalue weighted by molar-refractivity contribution is 0.335. The number of halogens is 2. The molecule has 0 amide bonds. The monoisotopic (exact) mass is 255 g/mol. The molecule has 1 heterocycles. The molecule has 1 nitrogen and oxygen atoms in total. The van der Waals surface area contributed by atoms with Crippen molar-refractivity contribution in [1.29, 1.82) is 0 Å². The topological polar surface area (TPSA) is 3.24 Å². The summed E-state index contributed by atoms with van der Waals surface area (Å²) in [5.41, 5.74) is 0.928. The first kappa shape index (κ1) is 15.1. The second kappa shape index (κ2) is 7.47. The molecule has 3 heteroatoms. The Morgan fingerprint density at radius 2 is 1.94 bits per heavy atom. The average Bonchev–Trinajstić information content (AvgIpc) is 2.84. The average molecular weight is 255 g/mol. The molecular formula is C15H23F2N. The Labute approximate surface area is 109 Å². The van der Waals surface area contributed by atoms with Crippen LogP contribution in [0.1, 0.15) is 45.1 Å². The van der Waals surface area contributed by atoms with E-state index in [0.717, 1.165) is 38.0 Å². The first-order chi connectivity index (χ1) is 8.70. The summed E-state index contributed by atoms with van der Waals surface area (Å²) in [7, 11) is 0. The summed E-state index contributed by atoms with van der Waals surface area (Å²) in [6.45, 7) is 9.29. The molecular weight excluding hydrogens is 232 g/mol. The van der Waals surface area contributed by atoms with E-state index in [0.29, 0.717) is 5.92 Å². The molecule has 1 saturated heterocycles. The molecule has 2 rings (SSSR count). The normalized spacial score (nSPS) is 19.5. The van der Waals surface area contributed by atoms with Crippen LogP contribution in [-0.4, -0.2) is 24.5 Å². The van der Waals surface area contributed by atoms with Gasteiger partial charge in [-0.15, -0.1) is 0 Å². The van der Waals surface area contributed by atoms with Gasteiger partial charge in [-0.25, -0.2) is 8.78 Å². The van der Waals surface area contributed by atoms with Crippen LogP contribution >= 0.6 is 0 Å². The molecule has 18 heavy (non-hydrogen) atoms. The highest BCUT2D eigenvalue weighted by atomic mass is 19.2. The predicted octanol–water partition coefficient (Wildman–Crippen LogP) is 4.19. The van der Waals surface area contributed by atoms with E-state index in [9.17, 15) is 8.78 Å². The zero-order chi connectivity index (χ0) is 13.5. The van der Waals surface area contributed by atoms with Gasteiger partial charge in [-0.1, -0.05) is 26.8 Å². The van der Waals surface area contributed by atoms with Gasteiger partial charge in [-0.05, 0) is 49.5 Å². The smallest absolute Gasteiger partial charge is 0.159 e. The van der Waals surface area contributed by atoms with Gasteiger partial charge in [0.2, 0.25) is 0 Å². The third kappa shape index (κ3) is 3.77.